The van der Waals surface area contributed by atoms with Crippen LogP contribution in [0.1, 0.15) is 16.7 Å². The molecule has 0 radical (unpaired) electrons. The van der Waals surface area contributed by atoms with E-state index in [9.17, 15) is 13.7 Å². The van der Waals surface area contributed by atoms with Crippen LogP contribution in [0.4, 0.5) is 5.13 Å². The van der Waals surface area contributed by atoms with E-state index in [4.69, 9.17) is 0 Å². The fraction of sp³-hybridized carbons (Fsp3) is 0.0588. The van der Waals surface area contributed by atoms with Crippen molar-refractivity contribution in [2.24, 2.45) is 0 Å². The molecule has 0 aliphatic heterocycles. The molecular weight excluding hydrogens is 342 g/mol. The van der Waals surface area contributed by atoms with Gasteiger partial charge in [-0.15, -0.1) is 11.3 Å². The number of rotatable bonds is 5. The maximum absolute atomic E-state index is 12.4. The topological polar surface area (TPSA) is 82.8 Å². The zero-order chi connectivity index (χ0) is 17.0. The lowest BCUT2D eigenvalue weighted by Gasteiger charge is -2.09. The second-order valence-corrected chi connectivity index (χ2v) is 7.61. The van der Waals surface area contributed by atoms with Crippen molar-refractivity contribution in [3.05, 3.63) is 76.8 Å². The van der Waals surface area contributed by atoms with Gasteiger partial charge >= 0.3 is 0 Å². The first-order valence-electron chi connectivity index (χ1n) is 7.08. The molecule has 2 aromatic carbocycles. The minimum atomic E-state index is -3.76. The lowest BCUT2D eigenvalue weighted by molar-refractivity contribution is 0.601. The number of thiazole rings is 1. The van der Waals surface area contributed by atoms with Crippen molar-refractivity contribution in [1.29, 1.82) is 5.26 Å². The number of nitrogens with one attached hydrogen (secondary N) is 1. The van der Waals surface area contributed by atoms with Crippen molar-refractivity contribution in [3.63, 3.8) is 0 Å². The van der Waals surface area contributed by atoms with Crippen molar-refractivity contribution in [1.82, 2.24) is 4.98 Å². The highest BCUT2D eigenvalue weighted by molar-refractivity contribution is 7.93. The highest BCUT2D eigenvalue weighted by Gasteiger charge is 2.17. The van der Waals surface area contributed by atoms with Gasteiger partial charge in [-0.2, -0.15) is 5.26 Å². The van der Waals surface area contributed by atoms with Gasteiger partial charge in [0.25, 0.3) is 10.0 Å². The Labute approximate surface area is 144 Å². The van der Waals surface area contributed by atoms with Gasteiger partial charge in [-0.05, 0) is 29.7 Å². The fourth-order valence-electron chi connectivity index (χ4n) is 2.24. The van der Waals surface area contributed by atoms with E-state index in [1.807, 2.05) is 30.3 Å². The molecule has 3 aromatic rings. The number of anilines is 1. The monoisotopic (exact) mass is 355 g/mol. The number of hydrogen-bond donors (Lipinski definition) is 1. The fourth-order valence-corrected chi connectivity index (χ4v) is 4.06. The van der Waals surface area contributed by atoms with Crippen molar-refractivity contribution in [2.45, 2.75) is 11.3 Å². The molecule has 24 heavy (non-hydrogen) atoms. The first-order chi connectivity index (χ1) is 11.6. The largest absolute Gasteiger partial charge is 0.263 e. The molecule has 0 atom stereocenters. The lowest BCUT2D eigenvalue weighted by Crippen LogP contribution is -2.13. The Bertz CT molecular complexity index is 976. The summed E-state index contributed by atoms with van der Waals surface area (Å²) < 4.78 is 27.2. The van der Waals surface area contributed by atoms with Gasteiger partial charge in [-0.3, -0.25) is 4.72 Å². The summed E-state index contributed by atoms with van der Waals surface area (Å²) in [4.78, 5) is 3.95. The van der Waals surface area contributed by atoms with Crippen molar-refractivity contribution >= 4 is 26.5 Å². The maximum Gasteiger partial charge on any atom is 0.263 e. The van der Waals surface area contributed by atoms with E-state index >= 15 is 0 Å². The number of hydrogen-bond acceptors (Lipinski definition) is 5. The molecule has 0 saturated carbocycles. The van der Waals surface area contributed by atoms with Crippen LogP contribution in [0, 0.1) is 11.3 Å². The van der Waals surface area contributed by atoms with Crippen LogP contribution in [0.5, 0.6) is 0 Å². The Morgan fingerprint density at radius 3 is 2.62 bits per heavy atom. The van der Waals surface area contributed by atoms with Crippen LogP contribution < -0.4 is 4.72 Å². The normalized spacial score (nSPS) is 11.0. The van der Waals surface area contributed by atoms with E-state index in [1.165, 1.54) is 29.7 Å². The lowest BCUT2D eigenvalue weighted by atomic mass is 10.0. The molecule has 5 nitrogen and oxygen atoms in total. The van der Waals surface area contributed by atoms with E-state index in [0.717, 1.165) is 11.1 Å². The third-order valence-corrected chi connectivity index (χ3v) is 5.56. The molecule has 3 rings (SSSR count). The van der Waals surface area contributed by atoms with Gasteiger partial charge in [0, 0.05) is 11.6 Å². The summed E-state index contributed by atoms with van der Waals surface area (Å²) in [7, 11) is -3.76. The minimum Gasteiger partial charge on any atom is -0.255 e. The molecule has 1 aromatic heterocycles. The Morgan fingerprint density at radius 1 is 1.17 bits per heavy atom. The smallest absolute Gasteiger partial charge is 0.255 e. The molecule has 0 aliphatic rings. The van der Waals surface area contributed by atoms with Crippen molar-refractivity contribution < 1.29 is 8.42 Å². The van der Waals surface area contributed by atoms with Gasteiger partial charge in [0.2, 0.25) is 0 Å². The van der Waals surface area contributed by atoms with Crippen molar-refractivity contribution in [2.75, 3.05) is 4.72 Å². The molecule has 0 fully saturated rings. The average molecular weight is 355 g/mol. The predicted octanol–water partition coefficient (Wildman–Crippen LogP) is 3.41. The third-order valence-electron chi connectivity index (χ3n) is 3.40. The Kier molecular flexibility index (Phi) is 4.60. The molecule has 0 unspecified atom stereocenters. The molecule has 1 heterocycles. The quantitative estimate of drug-likeness (QED) is 0.760. The molecule has 0 amide bonds. The Morgan fingerprint density at radius 2 is 1.96 bits per heavy atom. The van der Waals surface area contributed by atoms with E-state index < -0.39 is 10.0 Å². The van der Waals surface area contributed by atoms with E-state index in [2.05, 4.69) is 15.8 Å². The van der Waals surface area contributed by atoms with Crippen LogP contribution in [-0.2, 0) is 16.4 Å². The Balaban J connectivity index is 1.90. The summed E-state index contributed by atoms with van der Waals surface area (Å²) in [5.41, 5.74) is 2.20. The van der Waals surface area contributed by atoms with Crippen LogP contribution in [0.15, 0.2) is 65.0 Å². The van der Waals surface area contributed by atoms with Crippen LogP contribution in [0.2, 0.25) is 0 Å². The van der Waals surface area contributed by atoms with Crippen LogP contribution in [0.3, 0.4) is 0 Å². The number of aromatic nitrogens is 1. The molecule has 0 bridgehead atoms. The number of sulfonamides is 1. The van der Waals surface area contributed by atoms with Crippen LogP contribution in [-0.4, -0.2) is 13.4 Å². The van der Waals surface area contributed by atoms with Crippen LogP contribution in [0.25, 0.3) is 0 Å². The first-order valence-corrected chi connectivity index (χ1v) is 9.44. The number of nitriles is 1. The zero-order valence-corrected chi connectivity index (χ0v) is 14.1. The molecule has 1 N–H and O–H groups in total. The SMILES string of the molecule is N#Cc1cc(S(=O)(=O)Nc2nccs2)ccc1Cc1ccccc1. The summed E-state index contributed by atoms with van der Waals surface area (Å²) in [5.74, 6) is 0. The van der Waals surface area contributed by atoms with Gasteiger partial charge in [-0.1, -0.05) is 36.4 Å². The third kappa shape index (κ3) is 3.62. The number of nitrogens with zero attached hydrogens (tertiary/aromatic N) is 2. The van der Waals surface area contributed by atoms with Gasteiger partial charge in [0.05, 0.1) is 16.5 Å². The standard InChI is InChI=1S/C17H13N3O2S2/c18-12-15-11-16(24(21,22)20-17-19-8-9-23-17)7-6-14(15)10-13-4-2-1-3-5-13/h1-9,11H,10H2,(H,19,20). The minimum absolute atomic E-state index is 0.0473. The van der Waals surface area contributed by atoms with Gasteiger partial charge in [0.15, 0.2) is 5.13 Å². The summed E-state index contributed by atoms with van der Waals surface area (Å²) in [6.45, 7) is 0. The summed E-state index contributed by atoms with van der Waals surface area (Å²) in [5, 5.41) is 11.3. The highest BCUT2D eigenvalue weighted by atomic mass is 32.2. The van der Waals surface area contributed by atoms with E-state index in [0.29, 0.717) is 17.1 Å². The first kappa shape index (κ1) is 16.2. The van der Waals surface area contributed by atoms with E-state index in [-0.39, 0.29) is 4.90 Å². The molecule has 7 heteroatoms. The highest BCUT2D eigenvalue weighted by Crippen LogP contribution is 2.22. The summed E-state index contributed by atoms with van der Waals surface area (Å²) in [6.07, 6.45) is 2.09. The second-order valence-electron chi connectivity index (χ2n) is 5.04. The molecule has 0 saturated heterocycles. The van der Waals surface area contributed by atoms with Gasteiger partial charge in [0.1, 0.15) is 0 Å². The molecular formula is C17H13N3O2S2. The molecule has 120 valence electrons. The van der Waals surface area contributed by atoms with E-state index in [1.54, 1.807) is 11.4 Å². The zero-order valence-electron chi connectivity index (χ0n) is 12.5. The predicted molar refractivity (Wildman–Crippen MR) is 93.3 cm³/mol. The van der Waals surface area contributed by atoms with Crippen molar-refractivity contribution in [3.8, 4) is 6.07 Å². The second kappa shape index (κ2) is 6.83. The molecule has 0 aliphatic carbocycles. The average Bonchev–Trinajstić information content (AvgIpc) is 3.08. The summed E-state index contributed by atoms with van der Waals surface area (Å²) >= 11 is 1.19. The van der Waals surface area contributed by atoms with Gasteiger partial charge < -0.3 is 0 Å². The summed E-state index contributed by atoms with van der Waals surface area (Å²) in [6, 6.07) is 16.4. The van der Waals surface area contributed by atoms with Crippen LogP contribution >= 0.6 is 11.3 Å². The molecule has 0 spiro atoms. The van der Waals surface area contributed by atoms with Gasteiger partial charge in [-0.25, -0.2) is 13.4 Å². The maximum atomic E-state index is 12.4. The number of benzene rings is 2. The Hall–Kier alpha value is -2.69.